The number of aromatic nitrogens is 2. The van der Waals surface area contributed by atoms with Crippen molar-refractivity contribution in [3.63, 3.8) is 0 Å². The highest BCUT2D eigenvalue weighted by molar-refractivity contribution is 5.92. The molecule has 2 aromatic rings. The Morgan fingerprint density at radius 2 is 2.00 bits per heavy atom. The highest BCUT2D eigenvalue weighted by Crippen LogP contribution is 2.34. The van der Waals surface area contributed by atoms with E-state index in [1.165, 1.54) is 5.56 Å². The van der Waals surface area contributed by atoms with Crippen molar-refractivity contribution in [2.75, 3.05) is 26.2 Å². The lowest BCUT2D eigenvalue weighted by Crippen LogP contribution is -2.49. The number of aryl methyl sites for hydroxylation is 1. The zero-order chi connectivity index (χ0) is 19.7. The summed E-state index contributed by atoms with van der Waals surface area (Å²) in [6.45, 7) is 6.37. The Hall–Kier alpha value is -2.83. The molecule has 2 aliphatic heterocycles. The number of ether oxygens (including phenoxy) is 1. The quantitative estimate of drug-likeness (QED) is 0.882. The summed E-state index contributed by atoms with van der Waals surface area (Å²) in [6.07, 6.45) is 1.07. The first-order valence-electron chi connectivity index (χ1n) is 9.80. The van der Waals surface area contributed by atoms with Crippen LogP contribution in [0.1, 0.15) is 47.4 Å². The first kappa shape index (κ1) is 18.5. The lowest BCUT2D eigenvalue weighted by atomic mass is 9.90. The molecule has 7 heteroatoms. The zero-order valence-corrected chi connectivity index (χ0v) is 16.4. The van der Waals surface area contributed by atoms with Crippen LogP contribution in [0.4, 0.5) is 4.79 Å². The van der Waals surface area contributed by atoms with Crippen LogP contribution in [0.3, 0.4) is 0 Å². The van der Waals surface area contributed by atoms with E-state index in [0.717, 1.165) is 5.69 Å². The maximum Gasteiger partial charge on any atom is 0.410 e. The van der Waals surface area contributed by atoms with Crippen LogP contribution >= 0.6 is 0 Å². The lowest BCUT2D eigenvalue weighted by Gasteiger charge is -2.37. The molecule has 2 saturated heterocycles. The summed E-state index contributed by atoms with van der Waals surface area (Å²) in [6, 6.07) is 12.0. The molecular formula is C21H26N4O3. The molecule has 0 unspecified atom stereocenters. The fourth-order valence-corrected chi connectivity index (χ4v) is 4.12. The zero-order valence-electron chi connectivity index (χ0n) is 16.4. The Kier molecular flexibility index (Phi) is 4.83. The van der Waals surface area contributed by atoms with Gasteiger partial charge in [0.05, 0.1) is 6.54 Å². The number of likely N-dealkylation sites (tertiary alicyclic amines) is 1. The lowest BCUT2D eigenvalue weighted by molar-refractivity contribution is 0.00296. The van der Waals surface area contributed by atoms with E-state index in [2.05, 4.69) is 29.3 Å². The van der Waals surface area contributed by atoms with Crippen LogP contribution in [-0.4, -0.2) is 63.8 Å². The third-order valence-electron chi connectivity index (χ3n) is 5.79. The molecule has 0 bridgehead atoms. The van der Waals surface area contributed by atoms with Crippen molar-refractivity contribution in [2.24, 2.45) is 0 Å². The Morgan fingerprint density at radius 1 is 1.29 bits per heavy atom. The number of hydrogen-bond acceptors (Lipinski definition) is 4. The van der Waals surface area contributed by atoms with Crippen LogP contribution in [0.2, 0.25) is 0 Å². The topological polar surface area (TPSA) is 78.5 Å². The Bertz CT molecular complexity index is 856. The molecule has 7 nitrogen and oxygen atoms in total. The van der Waals surface area contributed by atoms with E-state index in [0.29, 0.717) is 44.7 Å². The maximum atomic E-state index is 12.6. The number of nitrogens with zero attached hydrogens (tertiary/aromatic N) is 3. The number of rotatable bonds is 4. The van der Waals surface area contributed by atoms with Gasteiger partial charge in [0.15, 0.2) is 0 Å². The number of aromatic amines is 1. The van der Waals surface area contributed by atoms with Gasteiger partial charge in [0.2, 0.25) is 0 Å². The van der Waals surface area contributed by atoms with Crippen LogP contribution in [0, 0.1) is 6.92 Å². The Balaban J connectivity index is 1.36. The molecule has 1 spiro atoms. The Labute approximate surface area is 164 Å². The highest BCUT2D eigenvalue weighted by Gasteiger charge is 2.47. The van der Waals surface area contributed by atoms with E-state index in [-0.39, 0.29) is 17.9 Å². The summed E-state index contributed by atoms with van der Waals surface area (Å²) in [7, 11) is 0. The average molecular weight is 382 g/mol. The second-order valence-corrected chi connectivity index (χ2v) is 7.97. The monoisotopic (exact) mass is 382 g/mol. The number of nitrogens with one attached hydrogen (secondary N) is 1. The maximum absolute atomic E-state index is 12.6. The molecule has 3 heterocycles. The van der Waals surface area contributed by atoms with Gasteiger partial charge in [-0.15, -0.1) is 0 Å². The van der Waals surface area contributed by atoms with E-state index < -0.39 is 5.60 Å². The molecule has 4 rings (SSSR count). The van der Waals surface area contributed by atoms with Gasteiger partial charge in [-0.25, -0.2) is 4.79 Å². The van der Waals surface area contributed by atoms with Gasteiger partial charge in [0, 0.05) is 38.2 Å². The number of carbonyl (C=O) groups is 2. The van der Waals surface area contributed by atoms with Crippen LogP contribution < -0.4 is 0 Å². The van der Waals surface area contributed by atoms with Crippen LogP contribution in [-0.2, 0) is 4.74 Å². The van der Waals surface area contributed by atoms with Crippen LogP contribution in [0.5, 0.6) is 0 Å². The van der Waals surface area contributed by atoms with Gasteiger partial charge in [-0.3, -0.25) is 9.89 Å². The summed E-state index contributed by atoms with van der Waals surface area (Å²) in [5, 5.41) is 6.86. The number of H-pyrrole nitrogens is 1. The number of benzene rings is 1. The van der Waals surface area contributed by atoms with Gasteiger partial charge in [-0.05, 0) is 24.5 Å². The standard InChI is InChI=1S/C21H26N4O3/c1-15(17-6-4-3-5-7-17)13-25-14-21(28-20(25)27)8-10-24(11-9-21)19(26)18-12-16(2)22-23-18/h3-7,12,15H,8-11,13-14H2,1-2H3,(H,22,23)/t15-/m1/s1. The molecule has 2 amide bonds. The van der Waals surface area contributed by atoms with E-state index in [1.807, 2.05) is 30.0 Å². The van der Waals surface area contributed by atoms with E-state index in [1.54, 1.807) is 11.0 Å². The minimum atomic E-state index is -0.480. The molecular weight excluding hydrogens is 356 g/mol. The second kappa shape index (κ2) is 7.30. The second-order valence-electron chi connectivity index (χ2n) is 7.97. The molecule has 0 radical (unpaired) electrons. The summed E-state index contributed by atoms with van der Waals surface area (Å²) in [5.74, 6) is 0.173. The van der Waals surface area contributed by atoms with E-state index in [4.69, 9.17) is 4.74 Å². The van der Waals surface area contributed by atoms with Crippen molar-refractivity contribution in [3.8, 4) is 0 Å². The molecule has 1 aromatic heterocycles. The number of amides is 2. The summed E-state index contributed by atoms with van der Waals surface area (Å²) in [5.41, 5.74) is 2.04. The highest BCUT2D eigenvalue weighted by atomic mass is 16.6. The first-order valence-corrected chi connectivity index (χ1v) is 9.80. The van der Waals surface area contributed by atoms with Crippen molar-refractivity contribution in [1.82, 2.24) is 20.0 Å². The number of piperidine rings is 1. The number of carbonyl (C=O) groups excluding carboxylic acids is 2. The van der Waals surface area contributed by atoms with Crippen LogP contribution in [0.15, 0.2) is 36.4 Å². The molecule has 2 fully saturated rings. The molecule has 1 N–H and O–H groups in total. The summed E-state index contributed by atoms with van der Waals surface area (Å²) >= 11 is 0. The van der Waals surface area contributed by atoms with E-state index >= 15 is 0 Å². The molecule has 148 valence electrons. The van der Waals surface area contributed by atoms with Gasteiger partial charge in [-0.1, -0.05) is 37.3 Å². The molecule has 0 saturated carbocycles. The fraction of sp³-hybridized carbons (Fsp3) is 0.476. The number of hydrogen-bond donors (Lipinski definition) is 1. The third kappa shape index (κ3) is 3.61. The van der Waals surface area contributed by atoms with Crippen molar-refractivity contribution in [3.05, 3.63) is 53.3 Å². The van der Waals surface area contributed by atoms with Crippen molar-refractivity contribution < 1.29 is 14.3 Å². The summed E-state index contributed by atoms with van der Waals surface area (Å²) in [4.78, 5) is 28.6. The van der Waals surface area contributed by atoms with Crippen molar-refractivity contribution in [2.45, 2.75) is 38.2 Å². The predicted octanol–water partition coefficient (Wildman–Crippen LogP) is 2.95. The average Bonchev–Trinajstić information content (AvgIpc) is 3.26. The minimum absolute atomic E-state index is 0.0712. The van der Waals surface area contributed by atoms with Gasteiger partial charge >= 0.3 is 6.09 Å². The van der Waals surface area contributed by atoms with Gasteiger partial charge in [-0.2, -0.15) is 5.10 Å². The largest absolute Gasteiger partial charge is 0.441 e. The minimum Gasteiger partial charge on any atom is -0.441 e. The van der Waals surface area contributed by atoms with Gasteiger partial charge in [0.1, 0.15) is 11.3 Å². The molecule has 2 aliphatic rings. The molecule has 1 aromatic carbocycles. The molecule has 0 aliphatic carbocycles. The fourth-order valence-electron chi connectivity index (χ4n) is 4.12. The van der Waals surface area contributed by atoms with Crippen molar-refractivity contribution in [1.29, 1.82) is 0 Å². The van der Waals surface area contributed by atoms with Gasteiger partial charge < -0.3 is 14.5 Å². The summed E-state index contributed by atoms with van der Waals surface area (Å²) < 4.78 is 5.80. The van der Waals surface area contributed by atoms with Gasteiger partial charge in [0.25, 0.3) is 5.91 Å². The Morgan fingerprint density at radius 3 is 2.64 bits per heavy atom. The normalized spacial score (nSPS) is 19.7. The molecule has 1 atom stereocenters. The third-order valence-corrected chi connectivity index (χ3v) is 5.79. The molecule has 28 heavy (non-hydrogen) atoms. The van der Waals surface area contributed by atoms with Crippen LogP contribution in [0.25, 0.3) is 0 Å². The SMILES string of the molecule is Cc1cc(C(=O)N2CCC3(CC2)CN(C[C@@H](C)c2ccccc2)C(=O)O3)n[nH]1. The van der Waals surface area contributed by atoms with E-state index in [9.17, 15) is 9.59 Å². The van der Waals surface area contributed by atoms with Crippen molar-refractivity contribution >= 4 is 12.0 Å². The first-order chi connectivity index (χ1) is 13.5. The predicted molar refractivity (Wildman–Crippen MR) is 104 cm³/mol. The smallest absolute Gasteiger partial charge is 0.410 e.